The van der Waals surface area contributed by atoms with E-state index in [0.717, 1.165) is 42.4 Å². The van der Waals surface area contributed by atoms with Crippen LogP contribution in [0.3, 0.4) is 0 Å². The van der Waals surface area contributed by atoms with Crippen molar-refractivity contribution in [3.63, 3.8) is 0 Å². The minimum atomic E-state index is -0.523. The molecular weight excluding hydrogens is 400 g/mol. The van der Waals surface area contributed by atoms with Crippen molar-refractivity contribution >= 4 is 11.8 Å². The van der Waals surface area contributed by atoms with E-state index in [4.69, 9.17) is 4.74 Å². The van der Waals surface area contributed by atoms with Gasteiger partial charge in [0.2, 0.25) is 5.91 Å². The predicted molar refractivity (Wildman–Crippen MR) is 127 cm³/mol. The van der Waals surface area contributed by atoms with Gasteiger partial charge in [-0.2, -0.15) is 0 Å². The zero-order valence-corrected chi connectivity index (χ0v) is 19.6. The summed E-state index contributed by atoms with van der Waals surface area (Å²) in [5.41, 5.74) is 3.22. The van der Waals surface area contributed by atoms with Gasteiger partial charge in [0.05, 0.1) is 0 Å². The van der Waals surface area contributed by atoms with Gasteiger partial charge in [-0.3, -0.25) is 9.59 Å². The van der Waals surface area contributed by atoms with E-state index in [1.54, 1.807) is 4.90 Å². The summed E-state index contributed by atoms with van der Waals surface area (Å²) in [5.74, 6) is 0.422. The van der Waals surface area contributed by atoms with Gasteiger partial charge in [0, 0.05) is 12.6 Å². The van der Waals surface area contributed by atoms with Gasteiger partial charge in [-0.15, -0.1) is 0 Å². The Morgan fingerprint density at radius 3 is 2.50 bits per heavy atom. The molecule has 32 heavy (non-hydrogen) atoms. The number of hydrogen-bond donors (Lipinski definition) is 1. The lowest BCUT2D eigenvalue weighted by atomic mass is 9.95. The molecule has 0 saturated heterocycles. The van der Waals surface area contributed by atoms with Crippen LogP contribution >= 0.6 is 0 Å². The molecule has 0 heterocycles. The number of amides is 2. The third kappa shape index (κ3) is 6.59. The van der Waals surface area contributed by atoms with Gasteiger partial charge < -0.3 is 15.0 Å². The van der Waals surface area contributed by atoms with Gasteiger partial charge in [-0.1, -0.05) is 62.6 Å². The Kier molecular flexibility index (Phi) is 8.72. The molecule has 0 aliphatic heterocycles. The summed E-state index contributed by atoms with van der Waals surface area (Å²) in [6, 6.07) is 15.3. The van der Waals surface area contributed by atoms with Crippen LogP contribution in [0.4, 0.5) is 0 Å². The highest BCUT2D eigenvalue weighted by atomic mass is 16.5. The normalized spacial score (nSPS) is 15.1. The molecule has 2 aromatic rings. The first-order valence-electron chi connectivity index (χ1n) is 11.8. The number of carbonyl (C=O) groups excluding carboxylic acids is 2. The Morgan fingerprint density at radius 1 is 1.06 bits per heavy atom. The first-order valence-corrected chi connectivity index (χ1v) is 11.8. The highest BCUT2D eigenvalue weighted by molar-refractivity contribution is 5.88. The smallest absolute Gasteiger partial charge is 0.261 e. The third-order valence-electron chi connectivity index (χ3n) is 6.29. The quantitative estimate of drug-likeness (QED) is 0.606. The zero-order valence-electron chi connectivity index (χ0n) is 19.6. The molecule has 1 N–H and O–H groups in total. The number of carbonyl (C=O) groups is 2. The lowest BCUT2D eigenvalue weighted by molar-refractivity contribution is -0.143. The summed E-state index contributed by atoms with van der Waals surface area (Å²) >= 11 is 0. The Morgan fingerprint density at radius 2 is 1.81 bits per heavy atom. The number of ether oxygens (including phenoxy) is 1. The fraction of sp³-hybridized carbons (Fsp3) is 0.481. The molecule has 2 aromatic carbocycles. The molecule has 1 fully saturated rings. The van der Waals surface area contributed by atoms with Gasteiger partial charge >= 0.3 is 0 Å². The SMILES string of the molecule is CC[C@H](C(=O)NC1CCCCC1)N(Cc1ccccc1C)C(=O)COc1cccc(C)c1. The molecule has 1 aliphatic rings. The number of benzene rings is 2. The van der Waals surface area contributed by atoms with Crippen molar-refractivity contribution in [3.05, 3.63) is 65.2 Å². The van der Waals surface area contributed by atoms with Crippen LogP contribution in [0, 0.1) is 13.8 Å². The van der Waals surface area contributed by atoms with Crippen LogP contribution in [0.1, 0.15) is 62.1 Å². The molecule has 1 saturated carbocycles. The van der Waals surface area contributed by atoms with Crippen LogP contribution < -0.4 is 10.1 Å². The summed E-state index contributed by atoms with van der Waals surface area (Å²) in [6.07, 6.45) is 6.13. The highest BCUT2D eigenvalue weighted by Gasteiger charge is 2.30. The van der Waals surface area contributed by atoms with Crippen molar-refractivity contribution in [2.45, 2.75) is 77.9 Å². The molecule has 0 unspecified atom stereocenters. The second-order valence-electron chi connectivity index (χ2n) is 8.82. The largest absolute Gasteiger partial charge is 0.484 e. The highest BCUT2D eigenvalue weighted by Crippen LogP contribution is 2.20. The maximum atomic E-state index is 13.3. The topological polar surface area (TPSA) is 58.6 Å². The molecule has 5 nitrogen and oxygen atoms in total. The van der Waals surface area contributed by atoms with Crippen LogP contribution in [0.2, 0.25) is 0 Å². The maximum Gasteiger partial charge on any atom is 0.261 e. The standard InChI is InChI=1S/C27H36N2O3/c1-4-25(27(31)28-23-14-6-5-7-15-23)29(18-22-13-9-8-12-21(22)3)26(30)19-32-24-16-10-11-20(2)17-24/h8-13,16-17,23,25H,4-7,14-15,18-19H2,1-3H3,(H,28,31)/t25-/m1/s1. The number of nitrogens with zero attached hydrogens (tertiary/aromatic N) is 1. The minimum absolute atomic E-state index is 0.0584. The first-order chi connectivity index (χ1) is 15.5. The van der Waals surface area contributed by atoms with E-state index in [-0.39, 0.29) is 24.5 Å². The van der Waals surface area contributed by atoms with Crippen molar-refractivity contribution < 1.29 is 14.3 Å². The van der Waals surface area contributed by atoms with E-state index in [1.165, 1.54) is 6.42 Å². The Bertz CT molecular complexity index is 905. The van der Waals surface area contributed by atoms with Gasteiger partial charge in [-0.05, 0) is 61.9 Å². The van der Waals surface area contributed by atoms with Crippen molar-refractivity contribution in [1.29, 1.82) is 0 Å². The van der Waals surface area contributed by atoms with Gasteiger partial charge in [-0.25, -0.2) is 0 Å². The Balaban J connectivity index is 1.76. The summed E-state index contributed by atoms with van der Waals surface area (Å²) < 4.78 is 5.80. The van der Waals surface area contributed by atoms with E-state index in [1.807, 2.05) is 69.3 Å². The van der Waals surface area contributed by atoms with E-state index < -0.39 is 6.04 Å². The molecular formula is C27H36N2O3. The van der Waals surface area contributed by atoms with Crippen LogP contribution in [-0.4, -0.2) is 35.4 Å². The second-order valence-corrected chi connectivity index (χ2v) is 8.82. The molecule has 5 heteroatoms. The van der Waals surface area contributed by atoms with Gasteiger partial charge in [0.25, 0.3) is 5.91 Å². The average molecular weight is 437 g/mol. The molecule has 0 radical (unpaired) electrons. The average Bonchev–Trinajstić information content (AvgIpc) is 2.79. The molecule has 1 aliphatic carbocycles. The molecule has 0 bridgehead atoms. The lowest BCUT2D eigenvalue weighted by Gasteiger charge is -2.33. The van der Waals surface area contributed by atoms with Crippen molar-refractivity contribution in [3.8, 4) is 5.75 Å². The van der Waals surface area contributed by atoms with Crippen LogP contribution in [0.15, 0.2) is 48.5 Å². The zero-order chi connectivity index (χ0) is 22.9. The molecule has 0 aromatic heterocycles. The third-order valence-corrected chi connectivity index (χ3v) is 6.29. The second kappa shape index (κ2) is 11.7. The monoisotopic (exact) mass is 436 g/mol. The van der Waals surface area contributed by atoms with E-state index in [9.17, 15) is 9.59 Å². The molecule has 172 valence electrons. The maximum absolute atomic E-state index is 13.3. The van der Waals surface area contributed by atoms with E-state index in [2.05, 4.69) is 5.32 Å². The summed E-state index contributed by atoms with van der Waals surface area (Å²) in [4.78, 5) is 28.3. The summed E-state index contributed by atoms with van der Waals surface area (Å²) in [5, 5.41) is 3.21. The van der Waals surface area contributed by atoms with Gasteiger partial charge in [0.1, 0.15) is 11.8 Å². The van der Waals surface area contributed by atoms with Crippen molar-refractivity contribution in [1.82, 2.24) is 10.2 Å². The molecule has 0 spiro atoms. The lowest BCUT2D eigenvalue weighted by Crippen LogP contribution is -2.52. The van der Waals surface area contributed by atoms with Crippen molar-refractivity contribution in [2.75, 3.05) is 6.61 Å². The molecule has 3 rings (SSSR count). The molecule has 2 amide bonds. The number of rotatable bonds is 9. The molecule has 1 atom stereocenters. The van der Waals surface area contributed by atoms with Crippen LogP contribution in [-0.2, 0) is 16.1 Å². The fourth-order valence-electron chi connectivity index (χ4n) is 4.37. The van der Waals surface area contributed by atoms with E-state index in [0.29, 0.717) is 18.7 Å². The Labute approximate surface area is 192 Å². The minimum Gasteiger partial charge on any atom is -0.484 e. The predicted octanol–water partition coefficient (Wildman–Crippen LogP) is 4.94. The van der Waals surface area contributed by atoms with Crippen LogP contribution in [0.5, 0.6) is 5.75 Å². The number of hydrogen-bond acceptors (Lipinski definition) is 3. The van der Waals surface area contributed by atoms with Crippen molar-refractivity contribution in [2.24, 2.45) is 0 Å². The van der Waals surface area contributed by atoms with Gasteiger partial charge in [0.15, 0.2) is 6.61 Å². The summed E-state index contributed by atoms with van der Waals surface area (Å²) in [7, 11) is 0. The number of nitrogens with one attached hydrogen (secondary N) is 1. The fourth-order valence-corrected chi connectivity index (χ4v) is 4.37. The van der Waals surface area contributed by atoms with E-state index >= 15 is 0 Å². The van der Waals surface area contributed by atoms with Crippen LogP contribution in [0.25, 0.3) is 0 Å². The summed E-state index contributed by atoms with van der Waals surface area (Å²) in [6.45, 7) is 6.28. The Hall–Kier alpha value is -2.82. The number of aryl methyl sites for hydroxylation is 2. The first kappa shape index (κ1) is 23.8.